The van der Waals surface area contributed by atoms with Crippen LogP contribution in [0.5, 0.6) is 0 Å². The van der Waals surface area contributed by atoms with Crippen LogP contribution >= 0.6 is 0 Å². The summed E-state index contributed by atoms with van der Waals surface area (Å²) in [6.07, 6.45) is 6.52. The maximum Gasteiger partial charge on any atom is 0.289 e. The van der Waals surface area contributed by atoms with E-state index in [1.807, 2.05) is 32.9 Å². The Balaban J connectivity index is 0.000000203. The first-order chi connectivity index (χ1) is 15.3. The van der Waals surface area contributed by atoms with Crippen molar-refractivity contribution in [2.45, 2.75) is 40.2 Å². The lowest BCUT2D eigenvalue weighted by Crippen LogP contribution is -2.38. The van der Waals surface area contributed by atoms with Gasteiger partial charge in [0.1, 0.15) is 0 Å². The number of amides is 1. The summed E-state index contributed by atoms with van der Waals surface area (Å²) in [5.74, 6) is 0.652. The predicted molar refractivity (Wildman–Crippen MR) is 119 cm³/mol. The van der Waals surface area contributed by atoms with E-state index in [0.29, 0.717) is 36.9 Å². The van der Waals surface area contributed by atoms with Gasteiger partial charge in [-0.05, 0) is 24.6 Å². The third-order valence-corrected chi connectivity index (χ3v) is 5.27. The molecule has 8 heteroatoms. The highest BCUT2D eigenvalue weighted by Crippen LogP contribution is 2.24. The number of para-hydroxylation sites is 1. The molecule has 2 aliphatic heterocycles. The van der Waals surface area contributed by atoms with Crippen molar-refractivity contribution in [3.05, 3.63) is 65.9 Å². The fourth-order valence-electron chi connectivity index (χ4n) is 3.56. The summed E-state index contributed by atoms with van der Waals surface area (Å²) in [5.41, 5.74) is 2.19. The molecule has 0 saturated carbocycles. The van der Waals surface area contributed by atoms with Crippen LogP contribution in [0.2, 0.25) is 0 Å². The SMILES string of the molecule is CC(C)(C)C1=NCCC=C(C(=O)N2CCc3nc[nH]c3C2)O1.Fc1cccc2ccoc12. The van der Waals surface area contributed by atoms with E-state index in [4.69, 9.17) is 9.15 Å². The van der Waals surface area contributed by atoms with Gasteiger partial charge in [0.25, 0.3) is 5.91 Å². The number of imidazole rings is 1. The number of hydrogen-bond acceptors (Lipinski definition) is 5. The average Bonchev–Trinajstić information content (AvgIpc) is 3.36. The lowest BCUT2D eigenvalue weighted by Gasteiger charge is -2.28. The third-order valence-electron chi connectivity index (χ3n) is 5.27. The molecule has 2 aliphatic rings. The van der Waals surface area contributed by atoms with Crippen molar-refractivity contribution in [3.8, 4) is 0 Å². The molecular weight excluding hydrogens is 411 g/mol. The van der Waals surface area contributed by atoms with Crippen molar-refractivity contribution in [2.24, 2.45) is 10.4 Å². The number of nitrogens with one attached hydrogen (secondary N) is 1. The first kappa shape index (κ1) is 21.8. The maximum atomic E-state index is 12.8. The van der Waals surface area contributed by atoms with E-state index < -0.39 is 0 Å². The fourth-order valence-corrected chi connectivity index (χ4v) is 3.56. The number of halogens is 1. The van der Waals surface area contributed by atoms with E-state index in [0.717, 1.165) is 29.6 Å². The number of fused-ring (bicyclic) bond motifs is 2. The molecule has 0 aliphatic carbocycles. The molecule has 0 atom stereocenters. The summed E-state index contributed by atoms with van der Waals surface area (Å²) >= 11 is 0. The van der Waals surface area contributed by atoms with Crippen molar-refractivity contribution >= 4 is 22.8 Å². The standard InChI is InChI=1S/C16H22N4O2.C8H5FO/c1-16(2,3)15-17-7-4-5-13(22-15)14(21)20-8-6-11-12(9-20)19-10-18-11;9-7-3-1-2-6-4-5-10-8(6)7/h5,10H,4,6-9H2,1-3H3,(H,18,19);1-5H. The first-order valence-corrected chi connectivity index (χ1v) is 10.7. The summed E-state index contributed by atoms with van der Waals surface area (Å²) in [4.78, 5) is 26.4. The van der Waals surface area contributed by atoms with E-state index in [1.165, 1.54) is 12.3 Å². The second-order valence-corrected chi connectivity index (χ2v) is 8.78. The number of aliphatic imine (C=N–C) groups is 1. The zero-order valence-corrected chi connectivity index (χ0v) is 18.5. The number of nitrogens with zero attached hydrogens (tertiary/aromatic N) is 3. The van der Waals surface area contributed by atoms with Gasteiger partial charge in [-0.2, -0.15) is 0 Å². The van der Waals surface area contributed by atoms with Crippen molar-refractivity contribution in [3.63, 3.8) is 0 Å². The number of aromatic amines is 1. The molecule has 5 rings (SSSR count). The average molecular weight is 439 g/mol. The summed E-state index contributed by atoms with van der Waals surface area (Å²) in [5, 5.41) is 0.806. The summed E-state index contributed by atoms with van der Waals surface area (Å²) in [6.45, 7) is 8.00. The number of aromatic nitrogens is 2. The van der Waals surface area contributed by atoms with Crippen LogP contribution in [0, 0.1) is 11.2 Å². The van der Waals surface area contributed by atoms with Crippen molar-refractivity contribution < 1.29 is 18.3 Å². The van der Waals surface area contributed by atoms with E-state index >= 15 is 0 Å². The molecule has 0 spiro atoms. The molecule has 1 amide bonds. The minimum absolute atomic E-state index is 0.0703. The highest BCUT2D eigenvalue weighted by Gasteiger charge is 2.30. The molecule has 0 unspecified atom stereocenters. The Hall–Kier alpha value is -3.42. The largest absolute Gasteiger partial charge is 0.461 e. The van der Waals surface area contributed by atoms with E-state index in [1.54, 1.807) is 23.4 Å². The number of furan rings is 1. The number of H-pyrrole nitrogens is 1. The Kier molecular flexibility index (Phi) is 6.12. The van der Waals surface area contributed by atoms with Gasteiger partial charge in [0.15, 0.2) is 23.1 Å². The molecule has 0 saturated heterocycles. The quantitative estimate of drug-likeness (QED) is 0.601. The van der Waals surface area contributed by atoms with Gasteiger partial charge in [0.05, 0.1) is 30.5 Å². The van der Waals surface area contributed by atoms with Crippen LogP contribution < -0.4 is 0 Å². The Morgan fingerprint density at radius 3 is 2.88 bits per heavy atom. The van der Waals surface area contributed by atoms with E-state index in [9.17, 15) is 9.18 Å². The monoisotopic (exact) mass is 438 g/mol. The van der Waals surface area contributed by atoms with Gasteiger partial charge in [-0.25, -0.2) is 9.37 Å². The number of ether oxygens (including phenoxy) is 1. The summed E-state index contributed by atoms with van der Waals surface area (Å²) in [6, 6.07) is 6.58. The molecule has 1 N–H and O–H groups in total. The Morgan fingerprint density at radius 2 is 2.09 bits per heavy atom. The molecule has 2 aromatic heterocycles. The molecule has 7 nitrogen and oxygen atoms in total. The number of carbonyl (C=O) groups excluding carboxylic acids is 1. The van der Waals surface area contributed by atoms with Gasteiger partial charge in [0.2, 0.25) is 0 Å². The highest BCUT2D eigenvalue weighted by atomic mass is 19.1. The lowest BCUT2D eigenvalue weighted by atomic mass is 9.96. The molecule has 168 valence electrons. The van der Waals surface area contributed by atoms with Crippen molar-refractivity contribution in [2.75, 3.05) is 13.1 Å². The zero-order valence-electron chi connectivity index (χ0n) is 18.5. The van der Waals surface area contributed by atoms with Crippen LogP contribution in [0.15, 0.2) is 58.1 Å². The van der Waals surface area contributed by atoms with Crippen LogP contribution in [0.1, 0.15) is 38.6 Å². The van der Waals surface area contributed by atoms with Gasteiger partial charge in [-0.1, -0.05) is 32.9 Å². The first-order valence-electron chi connectivity index (χ1n) is 10.7. The third kappa shape index (κ3) is 4.74. The molecule has 1 aromatic carbocycles. The number of benzene rings is 1. The number of carbonyl (C=O) groups is 1. The second kappa shape index (κ2) is 8.98. The van der Waals surface area contributed by atoms with Gasteiger partial charge in [0, 0.05) is 30.3 Å². The lowest BCUT2D eigenvalue weighted by molar-refractivity contribution is -0.130. The summed E-state index contributed by atoms with van der Waals surface area (Å²) in [7, 11) is 0. The highest BCUT2D eigenvalue weighted by molar-refractivity contribution is 5.96. The molecule has 0 radical (unpaired) electrons. The fraction of sp³-hybridized carbons (Fsp3) is 0.375. The maximum absolute atomic E-state index is 12.8. The molecule has 3 aromatic rings. The summed E-state index contributed by atoms with van der Waals surface area (Å²) < 4.78 is 23.5. The van der Waals surface area contributed by atoms with E-state index in [2.05, 4.69) is 15.0 Å². The Bertz CT molecular complexity index is 1170. The molecule has 0 fully saturated rings. The smallest absolute Gasteiger partial charge is 0.289 e. The van der Waals surface area contributed by atoms with Gasteiger partial charge in [-0.3, -0.25) is 9.79 Å². The van der Waals surface area contributed by atoms with Crippen molar-refractivity contribution in [1.29, 1.82) is 0 Å². The van der Waals surface area contributed by atoms with Crippen LogP contribution in [-0.4, -0.2) is 39.8 Å². The zero-order chi connectivity index (χ0) is 22.7. The molecule has 4 heterocycles. The Morgan fingerprint density at radius 1 is 1.25 bits per heavy atom. The topological polar surface area (TPSA) is 83.7 Å². The van der Waals surface area contributed by atoms with Gasteiger partial charge < -0.3 is 19.0 Å². The van der Waals surface area contributed by atoms with E-state index in [-0.39, 0.29) is 17.1 Å². The minimum Gasteiger partial charge on any atom is -0.461 e. The van der Waals surface area contributed by atoms with Crippen LogP contribution in [0.25, 0.3) is 11.0 Å². The predicted octanol–water partition coefficient (Wildman–Crippen LogP) is 4.62. The molecular formula is C24H27FN4O3. The van der Waals surface area contributed by atoms with Crippen LogP contribution in [-0.2, 0) is 22.5 Å². The van der Waals surface area contributed by atoms with Crippen molar-refractivity contribution in [1.82, 2.24) is 14.9 Å². The van der Waals surface area contributed by atoms with Gasteiger partial charge >= 0.3 is 0 Å². The number of hydrogen-bond donors (Lipinski definition) is 1. The second-order valence-electron chi connectivity index (χ2n) is 8.78. The molecule has 32 heavy (non-hydrogen) atoms. The van der Waals surface area contributed by atoms with Crippen LogP contribution in [0.4, 0.5) is 4.39 Å². The minimum atomic E-state index is -0.303. The Labute approximate surface area is 186 Å². The van der Waals surface area contributed by atoms with Gasteiger partial charge in [-0.15, -0.1) is 0 Å². The normalized spacial score (nSPS) is 16.2. The molecule has 0 bridgehead atoms. The number of rotatable bonds is 1. The van der Waals surface area contributed by atoms with Crippen LogP contribution in [0.3, 0.4) is 0 Å².